The molecule has 0 saturated heterocycles. The Hall–Kier alpha value is -0.570. The summed E-state index contributed by atoms with van der Waals surface area (Å²) in [6.45, 7) is 6.56. The summed E-state index contributed by atoms with van der Waals surface area (Å²) in [6, 6.07) is 0. The van der Waals surface area contributed by atoms with Crippen molar-refractivity contribution in [2.75, 3.05) is 6.54 Å². The first kappa shape index (κ1) is 13.4. The number of rotatable bonds is 7. The smallest absolute Gasteiger partial charge is 0.220 e. The molecule has 1 unspecified atom stereocenters. The molecule has 2 N–H and O–H groups in total. The van der Waals surface area contributed by atoms with Gasteiger partial charge < -0.3 is 10.4 Å². The molecule has 0 aromatic carbocycles. The first-order valence-corrected chi connectivity index (χ1v) is 5.51. The molecule has 3 heteroatoms. The van der Waals surface area contributed by atoms with Gasteiger partial charge >= 0.3 is 0 Å². The van der Waals surface area contributed by atoms with Crippen LogP contribution in [0, 0.1) is 5.92 Å². The monoisotopic (exact) mass is 201 g/mol. The molecule has 0 spiro atoms. The molecule has 1 amide bonds. The lowest BCUT2D eigenvalue weighted by Crippen LogP contribution is -2.32. The van der Waals surface area contributed by atoms with E-state index in [2.05, 4.69) is 26.1 Å². The molecule has 0 aliphatic rings. The lowest BCUT2D eigenvalue weighted by Gasteiger charge is -2.13. The van der Waals surface area contributed by atoms with E-state index in [1.807, 2.05) is 0 Å². The maximum Gasteiger partial charge on any atom is 0.220 e. The number of amides is 1. The molecule has 1 atom stereocenters. The molecule has 0 bridgehead atoms. The second kappa shape index (κ2) is 7.80. The zero-order chi connectivity index (χ0) is 11.0. The Morgan fingerprint density at radius 2 is 2.07 bits per heavy atom. The summed E-state index contributed by atoms with van der Waals surface area (Å²) in [7, 11) is 0. The van der Waals surface area contributed by atoms with Gasteiger partial charge in [0, 0.05) is 13.0 Å². The van der Waals surface area contributed by atoms with E-state index in [0.717, 1.165) is 19.3 Å². The minimum absolute atomic E-state index is 0.0506. The molecular weight excluding hydrogens is 178 g/mol. The number of nitrogens with one attached hydrogen (secondary N) is 1. The topological polar surface area (TPSA) is 49.3 Å². The first-order chi connectivity index (χ1) is 6.56. The largest absolute Gasteiger partial charge is 0.391 e. The summed E-state index contributed by atoms with van der Waals surface area (Å²) in [5.74, 6) is 0.521. The minimum Gasteiger partial charge on any atom is -0.391 e. The van der Waals surface area contributed by atoms with E-state index < -0.39 is 6.10 Å². The third-order valence-electron chi connectivity index (χ3n) is 2.04. The van der Waals surface area contributed by atoms with Crippen LogP contribution in [0.4, 0.5) is 0 Å². The Labute approximate surface area is 86.9 Å². The van der Waals surface area contributed by atoms with Gasteiger partial charge in [0.1, 0.15) is 0 Å². The summed E-state index contributed by atoms with van der Waals surface area (Å²) in [5, 5.41) is 12.2. The first-order valence-electron chi connectivity index (χ1n) is 5.51. The molecule has 0 aliphatic carbocycles. The van der Waals surface area contributed by atoms with E-state index in [1.165, 1.54) is 0 Å². The number of unbranched alkanes of at least 4 members (excludes halogenated alkanes) is 1. The van der Waals surface area contributed by atoms with Crippen molar-refractivity contribution in [2.45, 2.75) is 52.6 Å². The van der Waals surface area contributed by atoms with Gasteiger partial charge in [-0.25, -0.2) is 0 Å². The summed E-state index contributed by atoms with van der Waals surface area (Å²) < 4.78 is 0. The van der Waals surface area contributed by atoms with Crippen molar-refractivity contribution >= 4 is 5.91 Å². The summed E-state index contributed by atoms with van der Waals surface area (Å²) in [4.78, 5) is 11.2. The lowest BCUT2D eigenvalue weighted by atomic mass is 10.1. The molecule has 0 heterocycles. The van der Waals surface area contributed by atoms with Crippen LogP contribution in [0.25, 0.3) is 0 Å². The van der Waals surface area contributed by atoms with Crippen LogP contribution < -0.4 is 5.32 Å². The highest BCUT2D eigenvalue weighted by Crippen LogP contribution is 2.03. The molecule has 0 rings (SSSR count). The Balaban J connectivity index is 3.45. The lowest BCUT2D eigenvalue weighted by molar-refractivity contribution is -0.121. The zero-order valence-electron chi connectivity index (χ0n) is 9.55. The fraction of sp³-hybridized carbons (Fsp3) is 0.909. The van der Waals surface area contributed by atoms with E-state index in [9.17, 15) is 9.90 Å². The van der Waals surface area contributed by atoms with E-state index in [4.69, 9.17) is 0 Å². The van der Waals surface area contributed by atoms with Crippen molar-refractivity contribution in [3.05, 3.63) is 0 Å². The number of carbonyl (C=O) groups is 1. The molecule has 14 heavy (non-hydrogen) atoms. The fourth-order valence-electron chi connectivity index (χ4n) is 1.28. The van der Waals surface area contributed by atoms with Crippen LogP contribution in [0.2, 0.25) is 0 Å². The van der Waals surface area contributed by atoms with Crippen LogP contribution >= 0.6 is 0 Å². The predicted molar refractivity (Wildman–Crippen MR) is 58.0 cm³/mol. The van der Waals surface area contributed by atoms with Gasteiger partial charge in [-0.3, -0.25) is 4.79 Å². The van der Waals surface area contributed by atoms with E-state index >= 15 is 0 Å². The number of hydrogen-bond acceptors (Lipinski definition) is 2. The molecular formula is C11H23NO2. The van der Waals surface area contributed by atoms with Crippen LogP contribution in [-0.4, -0.2) is 23.7 Å². The molecule has 0 aromatic heterocycles. The van der Waals surface area contributed by atoms with Gasteiger partial charge in [-0.2, -0.15) is 0 Å². The predicted octanol–water partition coefficient (Wildman–Crippen LogP) is 1.70. The van der Waals surface area contributed by atoms with E-state index in [-0.39, 0.29) is 5.91 Å². The van der Waals surface area contributed by atoms with Crippen LogP contribution in [-0.2, 0) is 4.79 Å². The number of aliphatic hydroxyl groups is 1. The Bertz CT molecular complexity index is 157. The van der Waals surface area contributed by atoms with E-state index in [1.54, 1.807) is 0 Å². The van der Waals surface area contributed by atoms with Crippen LogP contribution in [0.1, 0.15) is 46.5 Å². The van der Waals surface area contributed by atoms with Crippen LogP contribution in [0.15, 0.2) is 0 Å². The highest BCUT2D eigenvalue weighted by Gasteiger charge is 2.08. The SMILES string of the molecule is CCCCC(=O)NCC(O)CC(C)C. The molecule has 84 valence electrons. The molecule has 0 aliphatic heterocycles. The quantitative estimate of drug-likeness (QED) is 0.658. The van der Waals surface area contributed by atoms with Gasteiger partial charge in [-0.15, -0.1) is 0 Å². The summed E-state index contributed by atoms with van der Waals surface area (Å²) in [5.41, 5.74) is 0. The zero-order valence-corrected chi connectivity index (χ0v) is 9.55. The van der Waals surface area contributed by atoms with Gasteiger partial charge in [0.15, 0.2) is 0 Å². The van der Waals surface area contributed by atoms with Gasteiger partial charge in [0.05, 0.1) is 6.10 Å². The van der Waals surface area contributed by atoms with Crippen molar-refractivity contribution in [2.24, 2.45) is 5.92 Å². The average Bonchev–Trinajstić information content (AvgIpc) is 2.10. The molecule has 0 radical (unpaired) electrons. The number of hydrogen-bond donors (Lipinski definition) is 2. The third-order valence-corrected chi connectivity index (χ3v) is 2.04. The minimum atomic E-state index is -0.402. The van der Waals surface area contributed by atoms with Crippen molar-refractivity contribution in [3.63, 3.8) is 0 Å². The van der Waals surface area contributed by atoms with Crippen molar-refractivity contribution in [1.82, 2.24) is 5.32 Å². The maximum atomic E-state index is 11.2. The Kier molecular flexibility index (Phi) is 7.48. The molecule has 0 aromatic rings. The molecule has 0 fully saturated rings. The standard InChI is InChI=1S/C11H23NO2/c1-4-5-6-11(14)12-8-10(13)7-9(2)3/h9-10,13H,4-8H2,1-3H3,(H,12,14). The number of carbonyl (C=O) groups excluding carboxylic acids is 1. The van der Waals surface area contributed by atoms with Gasteiger partial charge in [-0.1, -0.05) is 27.2 Å². The highest BCUT2D eigenvalue weighted by molar-refractivity contribution is 5.75. The molecule has 0 saturated carbocycles. The van der Waals surface area contributed by atoms with Crippen molar-refractivity contribution in [1.29, 1.82) is 0 Å². The third kappa shape index (κ3) is 8.05. The van der Waals surface area contributed by atoms with E-state index in [0.29, 0.717) is 18.9 Å². The Morgan fingerprint density at radius 3 is 2.57 bits per heavy atom. The Morgan fingerprint density at radius 1 is 1.43 bits per heavy atom. The highest BCUT2D eigenvalue weighted by atomic mass is 16.3. The van der Waals surface area contributed by atoms with Crippen molar-refractivity contribution < 1.29 is 9.90 Å². The second-order valence-electron chi connectivity index (χ2n) is 4.19. The fourth-order valence-corrected chi connectivity index (χ4v) is 1.28. The van der Waals surface area contributed by atoms with Crippen LogP contribution in [0.5, 0.6) is 0 Å². The summed E-state index contributed by atoms with van der Waals surface area (Å²) in [6.07, 6.45) is 2.87. The van der Waals surface area contributed by atoms with Crippen LogP contribution in [0.3, 0.4) is 0 Å². The summed E-state index contributed by atoms with van der Waals surface area (Å²) >= 11 is 0. The average molecular weight is 201 g/mol. The van der Waals surface area contributed by atoms with Gasteiger partial charge in [0.2, 0.25) is 5.91 Å². The van der Waals surface area contributed by atoms with Crippen molar-refractivity contribution in [3.8, 4) is 0 Å². The normalized spacial score (nSPS) is 12.9. The second-order valence-corrected chi connectivity index (χ2v) is 4.19. The van der Waals surface area contributed by atoms with Gasteiger partial charge in [-0.05, 0) is 18.8 Å². The maximum absolute atomic E-state index is 11.2. The van der Waals surface area contributed by atoms with Gasteiger partial charge in [0.25, 0.3) is 0 Å². The molecule has 3 nitrogen and oxygen atoms in total. The number of aliphatic hydroxyl groups excluding tert-OH is 1.